The molecular formula is C17H15N3O4. The highest BCUT2D eigenvalue weighted by molar-refractivity contribution is 6.22. The van der Waals surface area contributed by atoms with Gasteiger partial charge >= 0.3 is 0 Å². The number of carbonyl (C=O) groups excluding carboxylic acids is 3. The third kappa shape index (κ3) is 2.67. The minimum Gasteiger partial charge on any atom is -0.494 e. The molecule has 0 saturated carbocycles. The molecule has 122 valence electrons. The highest BCUT2D eigenvalue weighted by Gasteiger charge is 2.36. The summed E-state index contributed by atoms with van der Waals surface area (Å²) in [6, 6.07) is 11.2. The molecular weight excluding hydrogens is 310 g/mol. The van der Waals surface area contributed by atoms with Gasteiger partial charge in [0.25, 0.3) is 11.8 Å². The Morgan fingerprint density at radius 2 is 1.75 bits per heavy atom. The molecule has 3 amide bonds. The maximum Gasteiger partial charge on any atom is 0.262 e. The number of hydrogen-bond acceptors (Lipinski definition) is 5. The molecule has 7 heteroatoms. The Morgan fingerprint density at radius 1 is 1.12 bits per heavy atom. The average molecular weight is 325 g/mol. The summed E-state index contributed by atoms with van der Waals surface area (Å²) in [7, 11) is 1.45. The molecule has 1 aliphatic rings. The number of anilines is 2. The molecule has 2 aromatic carbocycles. The van der Waals surface area contributed by atoms with Crippen molar-refractivity contribution in [2.45, 2.75) is 0 Å². The minimum absolute atomic E-state index is 0.306. The molecule has 1 aliphatic heterocycles. The number of nitrogens with two attached hydrogens (primary N) is 1. The molecule has 0 fully saturated rings. The molecule has 3 N–H and O–H groups in total. The topological polar surface area (TPSA) is 102 Å². The van der Waals surface area contributed by atoms with Crippen LogP contribution in [0.1, 0.15) is 20.7 Å². The number of fused-ring (bicyclic) bond motifs is 1. The van der Waals surface area contributed by atoms with Crippen LogP contribution in [0.3, 0.4) is 0 Å². The lowest BCUT2D eigenvalue weighted by Crippen LogP contribution is -2.37. The normalized spacial score (nSPS) is 13.0. The molecule has 0 saturated heterocycles. The van der Waals surface area contributed by atoms with Crippen LogP contribution in [-0.4, -0.2) is 36.3 Å². The third-order valence-electron chi connectivity index (χ3n) is 3.68. The van der Waals surface area contributed by atoms with Crippen LogP contribution in [0.15, 0.2) is 42.5 Å². The molecule has 7 nitrogen and oxygen atoms in total. The van der Waals surface area contributed by atoms with E-state index in [0.29, 0.717) is 28.3 Å². The standard InChI is InChI=1S/C17H15N3O4/c1-24-14-8-10(18)6-7-13(14)19-15(21)9-20-16(22)11-4-2-3-5-12(11)17(20)23/h2-8H,9,18H2,1H3,(H,19,21). The molecule has 3 rings (SSSR count). The lowest BCUT2D eigenvalue weighted by molar-refractivity contribution is -0.116. The van der Waals surface area contributed by atoms with E-state index in [1.165, 1.54) is 7.11 Å². The Balaban J connectivity index is 1.75. The van der Waals surface area contributed by atoms with Crippen molar-refractivity contribution < 1.29 is 19.1 Å². The van der Waals surface area contributed by atoms with Gasteiger partial charge in [0.05, 0.1) is 23.9 Å². The summed E-state index contributed by atoms with van der Waals surface area (Å²) in [5.41, 5.74) is 7.17. The van der Waals surface area contributed by atoms with E-state index >= 15 is 0 Å². The second-order valence-electron chi connectivity index (χ2n) is 5.25. The summed E-state index contributed by atoms with van der Waals surface area (Å²) in [6.45, 7) is -0.375. The van der Waals surface area contributed by atoms with E-state index in [9.17, 15) is 14.4 Å². The second-order valence-corrected chi connectivity index (χ2v) is 5.25. The monoisotopic (exact) mass is 325 g/mol. The Hall–Kier alpha value is -3.35. The van der Waals surface area contributed by atoms with Gasteiger partial charge < -0.3 is 15.8 Å². The van der Waals surface area contributed by atoms with Crippen LogP contribution in [0.25, 0.3) is 0 Å². The number of hydrogen-bond donors (Lipinski definition) is 2. The highest BCUT2D eigenvalue weighted by atomic mass is 16.5. The number of amides is 3. The molecule has 2 aromatic rings. The van der Waals surface area contributed by atoms with Gasteiger partial charge in [-0.25, -0.2) is 0 Å². The number of nitrogens with one attached hydrogen (secondary N) is 1. The van der Waals surface area contributed by atoms with Crippen LogP contribution in [0.2, 0.25) is 0 Å². The summed E-state index contributed by atoms with van der Waals surface area (Å²) < 4.78 is 5.15. The van der Waals surface area contributed by atoms with Crippen LogP contribution >= 0.6 is 0 Å². The number of benzene rings is 2. The van der Waals surface area contributed by atoms with Crippen LogP contribution in [0.4, 0.5) is 11.4 Å². The number of rotatable bonds is 4. The highest BCUT2D eigenvalue weighted by Crippen LogP contribution is 2.27. The quantitative estimate of drug-likeness (QED) is 0.655. The van der Waals surface area contributed by atoms with Gasteiger partial charge in [-0.15, -0.1) is 0 Å². The summed E-state index contributed by atoms with van der Waals surface area (Å²) >= 11 is 0. The molecule has 0 spiro atoms. The maximum absolute atomic E-state index is 12.2. The van der Waals surface area contributed by atoms with Gasteiger partial charge in [0.15, 0.2) is 0 Å². The van der Waals surface area contributed by atoms with Crippen molar-refractivity contribution in [3.05, 3.63) is 53.6 Å². The first-order chi connectivity index (χ1) is 11.5. The molecule has 0 atom stereocenters. The number of ether oxygens (including phenoxy) is 1. The minimum atomic E-state index is -0.507. The van der Waals surface area contributed by atoms with Crippen molar-refractivity contribution in [2.75, 3.05) is 24.7 Å². The van der Waals surface area contributed by atoms with Crippen molar-refractivity contribution in [1.82, 2.24) is 4.90 Å². The molecule has 0 aliphatic carbocycles. The van der Waals surface area contributed by atoms with E-state index in [0.717, 1.165) is 4.90 Å². The average Bonchev–Trinajstić information content (AvgIpc) is 2.82. The first kappa shape index (κ1) is 15.5. The maximum atomic E-state index is 12.2. The third-order valence-corrected chi connectivity index (χ3v) is 3.68. The Kier molecular flexibility index (Phi) is 3.91. The molecule has 0 bridgehead atoms. The number of nitrogens with zero attached hydrogens (tertiary/aromatic N) is 1. The van der Waals surface area contributed by atoms with Crippen molar-refractivity contribution in [3.8, 4) is 5.75 Å². The van der Waals surface area contributed by atoms with E-state index < -0.39 is 17.7 Å². The Bertz CT molecular complexity index is 812. The zero-order chi connectivity index (χ0) is 17.3. The largest absolute Gasteiger partial charge is 0.494 e. The van der Waals surface area contributed by atoms with Crippen molar-refractivity contribution in [2.24, 2.45) is 0 Å². The number of methoxy groups -OCH3 is 1. The van der Waals surface area contributed by atoms with E-state index in [4.69, 9.17) is 10.5 Å². The first-order valence-electron chi connectivity index (χ1n) is 7.20. The lowest BCUT2D eigenvalue weighted by Gasteiger charge is -2.15. The predicted molar refractivity (Wildman–Crippen MR) is 87.8 cm³/mol. The molecule has 1 heterocycles. The molecule has 24 heavy (non-hydrogen) atoms. The number of carbonyl (C=O) groups is 3. The molecule has 0 unspecified atom stereocenters. The van der Waals surface area contributed by atoms with Crippen LogP contribution in [0, 0.1) is 0 Å². The Morgan fingerprint density at radius 3 is 2.33 bits per heavy atom. The number of imide groups is 1. The lowest BCUT2D eigenvalue weighted by atomic mass is 10.1. The summed E-state index contributed by atoms with van der Waals surface area (Å²) in [4.78, 5) is 37.6. The zero-order valence-corrected chi connectivity index (χ0v) is 12.9. The molecule has 0 radical (unpaired) electrons. The van der Waals surface area contributed by atoms with Gasteiger partial charge in [0.2, 0.25) is 5.91 Å². The first-order valence-corrected chi connectivity index (χ1v) is 7.20. The Labute approximate surface area is 138 Å². The molecule has 0 aromatic heterocycles. The van der Waals surface area contributed by atoms with Crippen LogP contribution < -0.4 is 15.8 Å². The van der Waals surface area contributed by atoms with Crippen LogP contribution in [0.5, 0.6) is 5.75 Å². The SMILES string of the molecule is COc1cc(N)ccc1NC(=O)CN1C(=O)c2ccccc2C1=O. The summed E-state index contributed by atoms with van der Waals surface area (Å²) in [6.07, 6.45) is 0. The van der Waals surface area contributed by atoms with E-state index in [-0.39, 0.29) is 6.54 Å². The van der Waals surface area contributed by atoms with E-state index in [1.54, 1.807) is 42.5 Å². The number of nitrogen functional groups attached to an aromatic ring is 1. The summed E-state index contributed by atoms with van der Waals surface area (Å²) in [5.74, 6) is -1.07. The van der Waals surface area contributed by atoms with Gasteiger partial charge in [-0.1, -0.05) is 12.1 Å². The van der Waals surface area contributed by atoms with Gasteiger partial charge in [0, 0.05) is 11.8 Å². The fourth-order valence-electron chi connectivity index (χ4n) is 2.53. The smallest absolute Gasteiger partial charge is 0.262 e. The fraction of sp³-hybridized carbons (Fsp3) is 0.118. The van der Waals surface area contributed by atoms with Crippen molar-refractivity contribution in [3.63, 3.8) is 0 Å². The van der Waals surface area contributed by atoms with Crippen LogP contribution in [-0.2, 0) is 4.79 Å². The fourth-order valence-corrected chi connectivity index (χ4v) is 2.53. The zero-order valence-electron chi connectivity index (χ0n) is 12.9. The predicted octanol–water partition coefficient (Wildman–Crippen LogP) is 1.51. The van der Waals surface area contributed by atoms with E-state index in [1.807, 2.05) is 0 Å². The van der Waals surface area contributed by atoms with Gasteiger partial charge in [-0.3, -0.25) is 19.3 Å². The van der Waals surface area contributed by atoms with Gasteiger partial charge in [-0.2, -0.15) is 0 Å². The second kappa shape index (κ2) is 6.04. The summed E-state index contributed by atoms with van der Waals surface area (Å²) in [5, 5.41) is 2.62. The van der Waals surface area contributed by atoms with E-state index in [2.05, 4.69) is 5.32 Å². The van der Waals surface area contributed by atoms with Crippen molar-refractivity contribution >= 4 is 29.1 Å². The van der Waals surface area contributed by atoms with Gasteiger partial charge in [-0.05, 0) is 24.3 Å². The van der Waals surface area contributed by atoms with Crippen molar-refractivity contribution in [1.29, 1.82) is 0 Å². The van der Waals surface area contributed by atoms with Gasteiger partial charge in [0.1, 0.15) is 12.3 Å².